The zero-order valence-electron chi connectivity index (χ0n) is 16.4. The average molecular weight is 425 g/mol. The molecule has 3 aromatic rings. The molecule has 0 fully saturated rings. The van der Waals surface area contributed by atoms with Crippen molar-refractivity contribution in [2.24, 2.45) is 0 Å². The lowest BCUT2D eigenvalue weighted by molar-refractivity contribution is -0.137. The first-order valence-electron chi connectivity index (χ1n) is 9.22. The molecule has 0 unspecified atom stereocenters. The fourth-order valence-electron chi connectivity index (χ4n) is 2.88. The van der Waals surface area contributed by atoms with Gasteiger partial charge in [0.1, 0.15) is 0 Å². The molecule has 0 bridgehead atoms. The second kappa shape index (κ2) is 9.30. The van der Waals surface area contributed by atoms with Crippen LogP contribution in [0.4, 0.5) is 18.9 Å². The summed E-state index contributed by atoms with van der Waals surface area (Å²) in [6.07, 6.45) is -1.56. The number of ether oxygens (including phenoxy) is 1. The van der Waals surface area contributed by atoms with Gasteiger partial charge >= 0.3 is 12.1 Å². The number of hydrogen-bond donors (Lipinski definition) is 1. The molecule has 0 aromatic heterocycles. The molecule has 0 aliphatic rings. The molecule has 7 heteroatoms. The number of halogens is 3. The van der Waals surface area contributed by atoms with Crippen molar-refractivity contribution in [1.29, 1.82) is 0 Å². The Morgan fingerprint density at radius 1 is 0.903 bits per heavy atom. The van der Waals surface area contributed by atoms with E-state index in [1.54, 1.807) is 54.6 Å². The summed E-state index contributed by atoms with van der Waals surface area (Å²) in [4.78, 5) is 24.0. The molecule has 0 saturated heterocycles. The number of carbonyl (C=O) groups is 2. The molecule has 158 valence electrons. The summed E-state index contributed by atoms with van der Waals surface area (Å²) in [5.74, 6) is -0.870. The van der Waals surface area contributed by atoms with E-state index in [1.807, 2.05) is 0 Å². The van der Waals surface area contributed by atoms with E-state index >= 15 is 0 Å². The van der Waals surface area contributed by atoms with E-state index in [9.17, 15) is 22.8 Å². The van der Waals surface area contributed by atoms with Crippen LogP contribution in [0.1, 0.15) is 21.5 Å². The molecule has 0 saturated carbocycles. The molecule has 1 N–H and O–H groups in total. The van der Waals surface area contributed by atoms with Gasteiger partial charge < -0.3 is 10.1 Å². The monoisotopic (exact) mass is 425 g/mol. The van der Waals surface area contributed by atoms with Gasteiger partial charge in [-0.15, -0.1) is 0 Å². The number of benzene rings is 3. The van der Waals surface area contributed by atoms with Crippen LogP contribution in [0.5, 0.6) is 0 Å². The van der Waals surface area contributed by atoms with Gasteiger partial charge in [0, 0.05) is 17.3 Å². The molecule has 0 aliphatic carbocycles. The predicted octanol–water partition coefficient (Wildman–Crippen LogP) is 5.81. The van der Waals surface area contributed by atoms with Gasteiger partial charge in [0.05, 0.1) is 12.7 Å². The normalized spacial score (nSPS) is 11.4. The molecular weight excluding hydrogens is 407 g/mol. The van der Waals surface area contributed by atoms with Crippen molar-refractivity contribution >= 4 is 23.6 Å². The SMILES string of the molecule is COC(=O)/C=C/c1ccc(NC(=O)c2ccccc2-c2ccc(C(F)(F)F)cc2)cc1. The summed E-state index contributed by atoms with van der Waals surface area (Å²) in [5, 5.41) is 2.77. The Morgan fingerprint density at radius 3 is 2.16 bits per heavy atom. The number of alkyl halides is 3. The van der Waals surface area contributed by atoms with Gasteiger partial charge in [0.25, 0.3) is 5.91 Å². The molecule has 0 aliphatic heterocycles. The Kier molecular flexibility index (Phi) is 6.55. The third kappa shape index (κ3) is 5.60. The minimum atomic E-state index is -4.42. The van der Waals surface area contributed by atoms with Crippen molar-refractivity contribution in [2.75, 3.05) is 12.4 Å². The van der Waals surface area contributed by atoms with Crippen LogP contribution in [0.15, 0.2) is 78.9 Å². The lowest BCUT2D eigenvalue weighted by Gasteiger charge is -2.12. The number of anilines is 1. The second-order valence-electron chi connectivity index (χ2n) is 6.55. The quantitative estimate of drug-likeness (QED) is 0.415. The first-order valence-corrected chi connectivity index (χ1v) is 9.22. The van der Waals surface area contributed by atoms with Crippen LogP contribution in [0.25, 0.3) is 17.2 Å². The summed E-state index contributed by atoms with van der Waals surface area (Å²) in [6.45, 7) is 0. The lowest BCUT2D eigenvalue weighted by atomic mass is 9.98. The highest BCUT2D eigenvalue weighted by molar-refractivity contribution is 6.08. The molecule has 3 aromatic carbocycles. The van der Waals surface area contributed by atoms with Gasteiger partial charge in [-0.3, -0.25) is 4.79 Å². The average Bonchev–Trinajstić information content (AvgIpc) is 2.78. The molecule has 3 rings (SSSR count). The van der Waals surface area contributed by atoms with Gasteiger partial charge in [-0.25, -0.2) is 4.79 Å². The van der Waals surface area contributed by atoms with Crippen LogP contribution in [0, 0.1) is 0 Å². The maximum absolute atomic E-state index is 12.8. The third-order valence-electron chi connectivity index (χ3n) is 4.48. The van der Waals surface area contributed by atoms with Crippen molar-refractivity contribution in [1.82, 2.24) is 0 Å². The standard InChI is InChI=1S/C24H18F3NO3/c1-31-22(29)15-8-16-6-13-19(14-7-16)28-23(30)21-5-3-2-4-20(21)17-9-11-18(12-10-17)24(25,26)27/h2-15H,1H3,(H,28,30)/b15-8+. The molecule has 0 radical (unpaired) electrons. The van der Waals surface area contributed by atoms with Crippen LogP contribution in [0.2, 0.25) is 0 Å². The van der Waals surface area contributed by atoms with Crippen molar-refractivity contribution in [3.8, 4) is 11.1 Å². The van der Waals surface area contributed by atoms with Gasteiger partial charge in [0.2, 0.25) is 0 Å². The molecule has 4 nitrogen and oxygen atoms in total. The Morgan fingerprint density at radius 2 is 1.55 bits per heavy atom. The summed E-state index contributed by atoms with van der Waals surface area (Å²) >= 11 is 0. The van der Waals surface area contributed by atoms with E-state index in [-0.39, 0.29) is 0 Å². The van der Waals surface area contributed by atoms with Crippen LogP contribution in [-0.2, 0) is 15.7 Å². The Labute approximate surface area is 177 Å². The summed E-state index contributed by atoms with van der Waals surface area (Å²) in [7, 11) is 1.29. The second-order valence-corrected chi connectivity index (χ2v) is 6.55. The van der Waals surface area contributed by atoms with Gasteiger partial charge in [-0.05, 0) is 53.1 Å². The number of carbonyl (C=O) groups excluding carboxylic acids is 2. The van der Waals surface area contributed by atoms with Gasteiger partial charge in [0.15, 0.2) is 0 Å². The van der Waals surface area contributed by atoms with Crippen LogP contribution in [0.3, 0.4) is 0 Å². The van der Waals surface area contributed by atoms with E-state index < -0.39 is 23.6 Å². The minimum Gasteiger partial charge on any atom is -0.466 e. The Balaban J connectivity index is 1.79. The maximum atomic E-state index is 12.8. The number of methoxy groups -OCH3 is 1. The Bertz CT molecular complexity index is 1100. The third-order valence-corrected chi connectivity index (χ3v) is 4.48. The van der Waals surface area contributed by atoms with E-state index in [2.05, 4.69) is 10.1 Å². The first kappa shape index (κ1) is 21.8. The van der Waals surface area contributed by atoms with Crippen molar-refractivity contribution in [3.63, 3.8) is 0 Å². The fraction of sp³-hybridized carbons (Fsp3) is 0.0833. The van der Waals surface area contributed by atoms with Crippen molar-refractivity contribution in [3.05, 3.63) is 95.6 Å². The zero-order valence-corrected chi connectivity index (χ0v) is 16.4. The highest BCUT2D eigenvalue weighted by atomic mass is 19.4. The molecular formula is C24H18F3NO3. The maximum Gasteiger partial charge on any atom is 0.416 e. The van der Waals surface area contributed by atoms with E-state index in [4.69, 9.17) is 0 Å². The molecule has 0 atom stereocenters. The predicted molar refractivity (Wildman–Crippen MR) is 112 cm³/mol. The van der Waals surface area contributed by atoms with E-state index in [0.29, 0.717) is 22.4 Å². The highest BCUT2D eigenvalue weighted by Crippen LogP contribution is 2.32. The number of amides is 1. The van der Waals surface area contributed by atoms with Crippen LogP contribution >= 0.6 is 0 Å². The first-order chi connectivity index (χ1) is 14.8. The largest absolute Gasteiger partial charge is 0.466 e. The summed E-state index contributed by atoms with van der Waals surface area (Å²) in [6, 6.07) is 18.1. The molecule has 0 spiro atoms. The topological polar surface area (TPSA) is 55.4 Å². The minimum absolute atomic E-state index is 0.330. The van der Waals surface area contributed by atoms with Gasteiger partial charge in [-0.2, -0.15) is 13.2 Å². The Hall–Kier alpha value is -3.87. The van der Waals surface area contributed by atoms with E-state index in [1.165, 1.54) is 25.3 Å². The van der Waals surface area contributed by atoms with Gasteiger partial charge in [-0.1, -0.05) is 42.5 Å². The molecule has 1 amide bonds. The van der Waals surface area contributed by atoms with Crippen molar-refractivity contribution < 1.29 is 27.5 Å². The summed E-state index contributed by atoms with van der Waals surface area (Å²) < 4.78 is 43.0. The summed E-state index contributed by atoms with van der Waals surface area (Å²) in [5.41, 5.74) is 1.88. The number of rotatable bonds is 5. The highest BCUT2D eigenvalue weighted by Gasteiger charge is 2.30. The number of nitrogens with one attached hydrogen (secondary N) is 1. The lowest BCUT2D eigenvalue weighted by Crippen LogP contribution is -2.13. The zero-order chi connectivity index (χ0) is 22.4. The fourth-order valence-corrected chi connectivity index (χ4v) is 2.88. The smallest absolute Gasteiger partial charge is 0.416 e. The van der Waals surface area contributed by atoms with E-state index in [0.717, 1.165) is 17.7 Å². The van der Waals surface area contributed by atoms with Crippen LogP contribution in [-0.4, -0.2) is 19.0 Å². The number of esters is 1. The van der Waals surface area contributed by atoms with Crippen LogP contribution < -0.4 is 5.32 Å². The molecule has 0 heterocycles. The van der Waals surface area contributed by atoms with Crippen molar-refractivity contribution in [2.45, 2.75) is 6.18 Å². The molecule has 31 heavy (non-hydrogen) atoms. The number of hydrogen-bond acceptors (Lipinski definition) is 3.